The van der Waals surface area contributed by atoms with E-state index < -0.39 is 0 Å². The normalized spacial score (nSPS) is 9.79. The van der Waals surface area contributed by atoms with Gasteiger partial charge in [0.2, 0.25) is 6.08 Å². The van der Waals surface area contributed by atoms with E-state index in [-0.39, 0.29) is 5.82 Å². The molecule has 0 amide bonds. The van der Waals surface area contributed by atoms with E-state index in [0.29, 0.717) is 11.1 Å². The van der Waals surface area contributed by atoms with E-state index in [0.717, 1.165) is 5.39 Å². The molecule has 0 N–H and O–H groups in total. The Balaban J connectivity index is 2.75. The minimum atomic E-state index is -0.314. The van der Waals surface area contributed by atoms with Crippen LogP contribution in [-0.2, 0) is 4.79 Å². The van der Waals surface area contributed by atoms with Crippen LogP contribution >= 0.6 is 0 Å². The quantitative estimate of drug-likeness (QED) is 0.498. The summed E-state index contributed by atoms with van der Waals surface area (Å²) in [5.74, 6) is -0.314. The molecule has 14 heavy (non-hydrogen) atoms. The second kappa shape index (κ2) is 3.40. The van der Waals surface area contributed by atoms with Crippen LogP contribution in [0.15, 0.2) is 41.4 Å². The lowest BCUT2D eigenvalue weighted by Gasteiger charge is -1.98. The van der Waals surface area contributed by atoms with Crippen LogP contribution in [0.4, 0.5) is 10.1 Å². The fraction of sp³-hybridized carbons (Fsp3) is 0. The van der Waals surface area contributed by atoms with Crippen molar-refractivity contribution in [3.05, 3.63) is 42.2 Å². The van der Waals surface area contributed by atoms with E-state index in [2.05, 4.69) is 4.99 Å². The number of isocyanates is 1. The molecule has 0 atom stereocenters. The molecule has 0 spiro atoms. The lowest BCUT2D eigenvalue weighted by molar-refractivity contribution is 0.565. The van der Waals surface area contributed by atoms with Gasteiger partial charge in [0.1, 0.15) is 5.82 Å². The molecule has 0 fully saturated rings. The van der Waals surface area contributed by atoms with Crippen LogP contribution in [0.5, 0.6) is 0 Å². The van der Waals surface area contributed by atoms with Gasteiger partial charge >= 0.3 is 0 Å². The Morgan fingerprint density at radius 3 is 2.86 bits per heavy atom. The Bertz CT molecular complexity index is 530. The largest absolute Gasteiger partial charge is 0.240 e. The summed E-state index contributed by atoms with van der Waals surface area (Å²) in [6.07, 6.45) is 1.42. The average molecular weight is 187 g/mol. The number of nitrogens with zero attached hydrogens (tertiary/aromatic N) is 1. The van der Waals surface area contributed by atoms with E-state index in [1.165, 1.54) is 18.2 Å². The van der Waals surface area contributed by atoms with Crippen molar-refractivity contribution in [2.24, 2.45) is 4.99 Å². The van der Waals surface area contributed by atoms with Crippen molar-refractivity contribution in [2.45, 2.75) is 0 Å². The summed E-state index contributed by atoms with van der Waals surface area (Å²) in [6, 6.07) is 9.70. The average Bonchev–Trinajstić information content (AvgIpc) is 2.20. The van der Waals surface area contributed by atoms with Gasteiger partial charge in [0.25, 0.3) is 0 Å². The summed E-state index contributed by atoms with van der Waals surface area (Å²) >= 11 is 0. The SMILES string of the molecule is O=C=Nc1ccc2cccc(F)c2c1. The standard InChI is InChI=1S/C11H6FNO/c12-11-3-1-2-8-4-5-9(13-7-14)6-10(8)11/h1-6H. The van der Waals surface area contributed by atoms with Crippen LogP contribution in [0.1, 0.15) is 0 Å². The highest BCUT2D eigenvalue weighted by molar-refractivity contribution is 5.86. The molecule has 0 radical (unpaired) electrons. The molecule has 0 aliphatic rings. The molecule has 0 heterocycles. The zero-order valence-electron chi connectivity index (χ0n) is 7.20. The van der Waals surface area contributed by atoms with Gasteiger partial charge in [-0.05, 0) is 23.6 Å². The molecule has 0 aliphatic carbocycles. The van der Waals surface area contributed by atoms with Gasteiger partial charge in [0.05, 0.1) is 5.69 Å². The summed E-state index contributed by atoms with van der Waals surface area (Å²) in [5, 5.41) is 1.25. The van der Waals surface area contributed by atoms with Crippen molar-refractivity contribution in [1.82, 2.24) is 0 Å². The smallest absolute Gasteiger partial charge is 0.211 e. The first kappa shape index (κ1) is 8.60. The molecule has 0 saturated carbocycles. The molecular formula is C11H6FNO. The Morgan fingerprint density at radius 1 is 1.21 bits per heavy atom. The molecule has 0 bridgehead atoms. The highest BCUT2D eigenvalue weighted by Crippen LogP contribution is 2.22. The number of benzene rings is 2. The predicted octanol–water partition coefficient (Wildman–Crippen LogP) is 2.95. The van der Waals surface area contributed by atoms with Crippen molar-refractivity contribution < 1.29 is 9.18 Å². The van der Waals surface area contributed by atoms with Gasteiger partial charge in [-0.3, -0.25) is 0 Å². The Morgan fingerprint density at radius 2 is 2.07 bits per heavy atom. The van der Waals surface area contributed by atoms with Gasteiger partial charge in [-0.25, -0.2) is 9.18 Å². The van der Waals surface area contributed by atoms with Crippen molar-refractivity contribution >= 4 is 22.5 Å². The van der Waals surface area contributed by atoms with E-state index >= 15 is 0 Å². The van der Waals surface area contributed by atoms with Crippen LogP contribution in [0.3, 0.4) is 0 Å². The lowest BCUT2D eigenvalue weighted by Crippen LogP contribution is -1.77. The van der Waals surface area contributed by atoms with Gasteiger partial charge in [-0.1, -0.05) is 18.2 Å². The van der Waals surface area contributed by atoms with Gasteiger partial charge in [-0.15, -0.1) is 0 Å². The third-order valence-electron chi connectivity index (χ3n) is 1.99. The summed E-state index contributed by atoms with van der Waals surface area (Å²) in [5.41, 5.74) is 0.414. The van der Waals surface area contributed by atoms with Crippen molar-refractivity contribution in [3.63, 3.8) is 0 Å². The van der Waals surface area contributed by atoms with Crippen LogP contribution in [-0.4, -0.2) is 6.08 Å². The molecule has 0 aromatic heterocycles. The summed E-state index contributed by atoms with van der Waals surface area (Å²) in [6.45, 7) is 0. The van der Waals surface area contributed by atoms with Crippen molar-refractivity contribution in [1.29, 1.82) is 0 Å². The second-order valence-corrected chi connectivity index (χ2v) is 2.85. The summed E-state index contributed by atoms with van der Waals surface area (Å²) in [7, 11) is 0. The highest BCUT2D eigenvalue weighted by Gasteiger charge is 2.00. The second-order valence-electron chi connectivity index (χ2n) is 2.85. The van der Waals surface area contributed by atoms with Crippen LogP contribution < -0.4 is 0 Å². The Hall–Kier alpha value is -1.99. The van der Waals surface area contributed by atoms with E-state index in [4.69, 9.17) is 0 Å². The van der Waals surface area contributed by atoms with Crippen LogP contribution in [0.25, 0.3) is 10.8 Å². The van der Waals surface area contributed by atoms with Gasteiger partial charge in [0, 0.05) is 5.39 Å². The summed E-state index contributed by atoms with van der Waals surface area (Å²) in [4.78, 5) is 13.4. The highest BCUT2D eigenvalue weighted by atomic mass is 19.1. The van der Waals surface area contributed by atoms with Gasteiger partial charge in [0.15, 0.2) is 0 Å². The predicted molar refractivity (Wildman–Crippen MR) is 51.7 cm³/mol. The Labute approximate surface area is 79.7 Å². The molecule has 2 aromatic carbocycles. The van der Waals surface area contributed by atoms with Gasteiger partial charge < -0.3 is 0 Å². The van der Waals surface area contributed by atoms with E-state index in [9.17, 15) is 9.18 Å². The number of hydrogen-bond acceptors (Lipinski definition) is 2. The third-order valence-corrected chi connectivity index (χ3v) is 1.99. The Kier molecular flexibility index (Phi) is 2.09. The maximum absolute atomic E-state index is 13.3. The number of rotatable bonds is 1. The zero-order chi connectivity index (χ0) is 9.97. The number of fused-ring (bicyclic) bond motifs is 1. The maximum Gasteiger partial charge on any atom is 0.240 e. The monoisotopic (exact) mass is 187 g/mol. The number of hydrogen-bond donors (Lipinski definition) is 0. The molecule has 0 saturated heterocycles. The molecule has 2 rings (SSSR count). The zero-order valence-corrected chi connectivity index (χ0v) is 7.20. The first-order chi connectivity index (χ1) is 6.81. The van der Waals surface area contributed by atoms with E-state index in [1.54, 1.807) is 24.3 Å². The van der Waals surface area contributed by atoms with Crippen molar-refractivity contribution in [3.8, 4) is 0 Å². The minimum absolute atomic E-state index is 0.314. The first-order valence-corrected chi connectivity index (χ1v) is 4.07. The molecule has 2 nitrogen and oxygen atoms in total. The van der Waals surface area contributed by atoms with Crippen LogP contribution in [0, 0.1) is 5.82 Å². The van der Waals surface area contributed by atoms with Crippen LogP contribution in [0.2, 0.25) is 0 Å². The molecule has 0 unspecified atom stereocenters. The molecule has 0 aliphatic heterocycles. The van der Waals surface area contributed by atoms with Crippen molar-refractivity contribution in [2.75, 3.05) is 0 Å². The number of aliphatic imine (C=N–C) groups is 1. The van der Waals surface area contributed by atoms with E-state index in [1.807, 2.05) is 0 Å². The number of carbonyl (C=O) groups excluding carboxylic acids is 1. The molecular weight excluding hydrogens is 181 g/mol. The fourth-order valence-corrected chi connectivity index (χ4v) is 1.34. The summed E-state index contributed by atoms with van der Waals surface area (Å²) < 4.78 is 13.3. The first-order valence-electron chi connectivity index (χ1n) is 4.07. The number of halogens is 1. The molecule has 68 valence electrons. The third kappa shape index (κ3) is 1.41. The minimum Gasteiger partial charge on any atom is -0.211 e. The maximum atomic E-state index is 13.3. The van der Waals surface area contributed by atoms with Gasteiger partial charge in [-0.2, -0.15) is 4.99 Å². The molecule has 2 aromatic rings. The fourth-order valence-electron chi connectivity index (χ4n) is 1.34. The molecule has 3 heteroatoms. The lowest BCUT2D eigenvalue weighted by atomic mass is 10.1. The topological polar surface area (TPSA) is 29.4 Å².